The summed E-state index contributed by atoms with van der Waals surface area (Å²) >= 11 is 0. The lowest BCUT2D eigenvalue weighted by molar-refractivity contribution is -0.373. The normalized spacial score (nSPS) is 23.5. The second kappa shape index (κ2) is 6.70. The van der Waals surface area contributed by atoms with Gasteiger partial charge in [0.25, 0.3) is 5.60 Å². The molecule has 1 fully saturated rings. The Bertz CT molecular complexity index is 432. The number of carbonyl (C=O) groups is 1. The molecule has 134 valence electrons. The maximum Gasteiger partial charge on any atom is 0.426 e. The minimum Gasteiger partial charge on any atom is -0.459 e. The second-order valence-corrected chi connectivity index (χ2v) is 5.89. The summed E-state index contributed by atoms with van der Waals surface area (Å²) in [6.07, 6.45) is -13.3. The average Bonchev–Trinajstić information content (AvgIpc) is 2.38. The molecule has 0 atom stereocenters. The van der Waals surface area contributed by atoms with Gasteiger partial charge in [0.1, 0.15) is 6.10 Å². The van der Waals surface area contributed by atoms with Gasteiger partial charge in [-0.1, -0.05) is 6.58 Å². The zero-order chi connectivity index (χ0) is 18.1. The maximum absolute atomic E-state index is 12.6. The molecule has 1 saturated carbocycles. The largest absolute Gasteiger partial charge is 0.459 e. The summed E-state index contributed by atoms with van der Waals surface area (Å²) in [5.74, 6) is -1.60. The van der Waals surface area contributed by atoms with Crippen LogP contribution in [0, 0.1) is 5.92 Å². The number of alkyl halides is 6. The number of esters is 1. The summed E-state index contributed by atoms with van der Waals surface area (Å²) < 4.78 is 80.9. The first-order valence-corrected chi connectivity index (χ1v) is 7.00. The number of hydrogen-bond donors (Lipinski definition) is 1. The van der Waals surface area contributed by atoms with Crippen LogP contribution in [0.2, 0.25) is 0 Å². The maximum atomic E-state index is 12.6. The topological polar surface area (TPSA) is 46.5 Å². The Hall–Kier alpha value is -1.25. The Labute approximate surface area is 129 Å². The van der Waals surface area contributed by atoms with Gasteiger partial charge in [-0.3, -0.25) is 0 Å². The van der Waals surface area contributed by atoms with Gasteiger partial charge in [-0.25, -0.2) is 4.79 Å². The summed E-state index contributed by atoms with van der Waals surface area (Å²) in [5.41, 5.74) is -4.55. The van der Waals surface area contributed by atoms with Crippen molar-refractivity contribution in [3.63, 3.8) is 0 Å². The lowest BCUT2D eigenvalue weighted by Gasteiger charge is -2.37. The molecule has 0 aromatic heterocycles. The van der Waals surface area contributed by atoms with Crippen molar-refractivity contribution in [2.75, 3.05) is 0 Å². The number of ether oxygens (including phenoxy) is 1. The van der Waals surface area contributed by atoms with E-state index in [0.717, 1.165) is 0 Å². The number of halogens is 6. The highest BCUT2D eigenvalue weighted by Crippen LogP contribution is 2.48. The predicted octanol–water partition coefficient (Wildman–Crippen LogP) is 3.91. The molecule has 9 heteroatoms. The number of aliphatic hydroxyl groups is 1. The van der Waals surface area contributed by atoms with Crippen LogP contribution in [0.25, 0.3) is 0 Å². The van der Waals surface area contributed by atoms with Crippen LogP contribution in [0.1, 0.15) is 39.0 Å². The third-order valence-electron chi connectivity index (χ3n) is 3.94. The van der Waals surface area contributed by atoms with Crippen LogP contribution in [0.15, 0.2) is 12.2 Å². The molecule has 0 aromatic rings. The third-order valence-corrected chi connectivity index (χ3v) is 3.94. The van der Waals surface area contributed by atoms with Crippen LogP contribution in [0.3, 0.4) is 0 Å². The van der Waals surface area contributed by atoms with Crippen molar-refractivity contribution in [1.29, 1.82) is 0 Å². The smallest absolute Gasteiger partial charge is 0.426 e. The standard InChI is InChI=1S/C14H18F6O3/c1-8(2)11(21)23-10-5-3-9(4-6-10)7-12(22,13(15,16)17)14(18,19)20/h9-10,22H,1,3-7H2,2H3. The monoisotopic (exact) mass is 348 g/mol. The summed E-state index contributed by atoms with van der Waals surface area (Å²) in [4.78, 5) is 11.3. The quantitative estimate of drug-likeness (QED) is 0.476. The molecule has 0 unspecified atom stereocenters. The van der Waals surface area contributed by atoms with Crippen LogP contribution in [0.5, 0.6) is 0 Å². The Morgan fingerprint density at radius 2 is 1.52 bits per heavy atom. The Kier molecular flexibility index (Phi) is 5.77. The summed E-state index contributed by atoms with van der Waals surface area (Å²) in [5, 5.41) is 9.17. The van der Waals surface area contributed by atoms with Gasteiger partial charge in [0.15, 0.2) is 0 Å². The fourth-order valence-corrected chi connectivity index (χ4v) is 2.52. The van der Waals surface area contributed by atoms with Crippen LogP contribution >= 0.6 is 0 Å². The molecule has 0 radical (unpaired) electrons. The van der Waals surface area contributed by atoms with E-state index in [-0.39, 0.29) is 31.3 Å². The zero-order valence-electron chi connectivity index (χ0n) is 12.4. The van der Waals surface area contributed by atoms with Gasteiger partial charge in [0, 0.05) is 5.57 Å². The molecule has 0 amide bonds. The highest BCUT2D eigenvalue weighted by molar-refractivity contribution is 5.87. The average molecular weight is 348 g/mol. The van der Waals surface area contributed by atoms with Crippen LogP contribution in [-0.2, 0) is 9.53 Å². The van der Waals surface area contributed by atoms with E-state index in [1.54, 1.807) is 0 Å². The fraction of sp³-hybridized carbons (Fsp3) is 0.786. The van der Waals surface area contributed by atoms with Gasteiger partial charge in [0.2, 0.25) is 0 Å². The summed E-state index contributed by atoms with van der Waals surface area (Å²) in [6.45, 7) is 4.81. The van der Waals surface area contributed by atoms with E-state index in [1.807, 2.05) is 0 Å². The van der Waals surface area contributed by atoms with Crippen molar-refractivity contribution in [3.8, 4) is 0 Å². The van der Waals surface area contributed by atoms with Crippen molar-refractivity contribution in [2.24, 2.45) is 5.92 Å². The molecule has 0 saturated heterocycles. The van der Waals surface area contributed by atoms with Gasteiger partial charge in [-0.15, -0.1) is 0 Å². The van der Waals surface area contributed by atoms with Crippen LogP contribution in [0.4, 0.5) is 26.3 Å². The van der Waals surface area contributed by atoms with Crippen molar-refractivity contribution in [2.45, 2.75) is 63.1 Å². The van der Waals surface area contributed by atoms with E-state index in [2.05, 4.69) is 6.58 Å². The molecular weight excluding hydrogens is 330 g/mol. The molecule has 0 aliphatic heterocycles. The Morgan fingerprint density at radius 3 is 1.87 bits per heavy atom. The van der Waals surface area contributed by atoms with E-state index in [1.165, 1.54) is 6.92 Å². The predicted molar refractivity (Wildman–Crippen MR) is 68.3 cm³/mol. The van der Waals surface area contributed by atoms with Gasteiger partial charge in [-0.05, 0) is 44.9 Å². The highest BCUT2D eigenvalue weighted by Gasteiger charge is 2.70. The molecule has 1 aliphatic carbocycles. The van der Waals surface area contributed by atoms with Gasteiger partial charge < -0.3 is 9.84 Å². The first kappa shape index (κ1) is 19.8. The lowest BCUT2D eigenvalue weighted by atomic mass is 9.79. The fourth-order valence-electron chi connectivity index (χ4n) is 2.52. The molecule has 23 heavy (non-hydrogen) atoms. The van der Waals surface area contributed by atoms with Gasteiger partial charge in [0.05, 0.1) is 0 Å². The summed E-state index contributed by atoms with van der Waals surface area (Å²) in [7, 11) is 0. The minimum atomic E-state index is -5.80. The number of hydrogen-bond acceptors (Lipinski definition) is 3. The van der Waals surface area contributed by atoms with Crippen molar-refractivity contribution < 1.29 is 41.0 Å². The Morgan fingerprint density at radius 1 is 1.09 bits per heavy atom. The van der Waals surface area contributed by atoms with Crippen LogP contribution < -0.4 is 0 Å². The van der Waals surface area contributed by atoms with E-state index < -0.39 is 42.4 Å². The number of rotatable bonds is 4. The number of carbonyl (C=O) groups excluding carboxylic acids is 1. The summed E-state index contributed by atoms with van der Waals surface area (Å²) in [6, 6.07) is 0. The van der Waals surface area contributed by atoms with E-state index in [9.17, 15) is 36.2 Å². The van der Waals surface area contributed by atoms with Crippen molar-refractivity contribution in [1.82, 2.24) is 0 Å². The van der Waals surface area contributed by atoms with Gasteiger partial charge >= 0.3 is 18.3 Å². The minimum absolute atomic E-state index is 0.00259. The molecule has 1 aliphatic rings. The van der Waals surface area contributed by atoms with E-state index in [0.29, 0.717) is 0 Å². The molecule has 0 spiro atoms. The second-order valence-electron chi connectivity index (χ2n) is 5.89. The molecule has 1 N–H and O–H groups in total. The first-order valence-electron chi connectivity index (χ1n) is 7.00. The molecule has 0 aromatic carbocycles. The van der Waals surface area contributed by atoms with Gasteiger partial charge in [-0.2, -0.15) is 26.3 Å². The molecule has 1 rings (SSSR count). The zero-order valence-corrected chi connectivity index (χ0v) is 12.4. The van der Waals surface area contributed by atoms with Crippen molar-refractivity contribution in [3.05, 3.63) is 12.2 Å². The van der Waals surface area contributed by atoms with E-state index in [4.69, 9.17) is 4.74 Å². The van der Waals surface area contributed by atoms with Crippen molar-refractivity contribution >= 4 is 5.97 Å². The molecule has 0 heterocycles. The first-order chi connectivity index (χ1) is 10.3. The third kappa shape index (κ3) is 4.62. The molecule has 0 bridgehead atoms. The molecule has 3 nitrogen and oxygen atoms in total. The lowest BCUT2D eigenvalue weighted by Crippen LogP contribution is -2.58. The SMILES string of the molecule is C=C(C)C(=O)OC1CCC(CC(O)(C(F)(F)F)C(F)(F)F)CC1. The molecular formula is C14H18F6O3. The highest BCUT2D eigenvalue weighted by atomic mass is 19.4. The van der Waals surface area contributed by atoms with E-state index >= 15 is 0 Å². The Balaban J connectivity index is 2.67. The van der Waals surface area contributed by atoms with Crippen LogP contribution in [-0.4, -0.2) is 35.1 Å².